The molecule has 0 saturated carbocycles. The van der Waals surface area contributed by atoms with Crippen LogP contribution in [0, 0.1) is 5.41 Å². The molecule has 7 heteroatoms. The molecule has 88 valence electrons. The summed E-state index contributed by atoms with van der Waals surface area (Å²) in [6.07, 6.45) is 0. The van der Waals surface area contributed by atoms with Crippen LogP contribution in [0.3, 0.4) is 0 Å². The fourth-order valence-electron chi connectivity index (χ4n) is 1.24. The summed E-state index contributed by atoms with van der Waals surface area (Å²) in [7, 11) is 1.60. The van der Waals surface area contributed by atoms with Crippen LogP contribution in [0.5, 0.6) is 5.75 Å². The van der Waals surface area contributed by atoms with Crippen LogP contribution in [0.1, 0.15) is 5.56 Å². The van der Waals surface area contributed by atoms with Crippen LogP contribution in [0.2, 0.25) is 0 Å². The third-order valence-electron chi connectivity index (χ3n) is 2.02. The topological polar surface area (TPSA) is 84.9 Å². The number of rotatable bonds is 4. The molecule has 2 aromatic rings. The number of amidine groups is 1. The van der Waals surface area contributed by atoms with Crippen molar-refractivity contribution in [2.24, 2.45) is 5.73 Å². The Hall–Kier alpha value is -1.60. The van der Waals surface area contributed by atoms with Crippen molar-refractivity contribution >= 4 is 28.9 Å². The largest absolute Gasteiger partial charge is 0.497 e. The lowest BCUT2D eigenvalue weighted by atomic mass is 10.2. The molecular weight excluding hydrogens is 256 g/mol. The van der Waals surface area contributed by atoms with Gasteiger partial charge in [0.2, 0.25) is 0 Å². The molecule has 0 amide bonds. The van der Waals surface area contributed by atoms with Gasteiger partial charge in [-0.1, -0.05) is 23.1 Å². The predicted octanol–water partition coefficient (Wildman–Crippen LogP) is 1.98. The minimum absolute atomic E-state index is 0.0275. The predicted molar refractivity (Wildman–Crippen MR) is 68.0 cm³/mol. The molecule has 17 heavy (non-hydrogen) atoms. The lowest BCUT2D eigenvalue weighted by molar-refractivity contribution is 0.413. The van der Waals surface area contributed by atoms with E-state index in [2.05, 4.69) is 10.2 Å². The number of aromatic nitrogens is 2. The molecule has 0 saturated heterocycles. The van der Waals surface area contributed by atoms with Gasteiger partial charge < -0.3 is 10.5 Å². The van der Waals surface area contributed by atoms with Crippen molar-refractivity contribution in [1.82, 2.24) is 10.2 Å². The van der Waals surface area contributed by atoms with Gasteiger partial charge in [-0.15, -0.1) is 10.2 Å². The molecule has 0 unspecified atom stereocenters. The summed E-state index contributed by atoms with van der Waals surface area (Å²) in [5, 5.41) is 15.2. The van der Waals surface area contributed by atoms with Gasteiger partial charge in [-0.3, -0.25) is 5.41 Å². The van der Waals surface area contributed by atoms with E-state index in [0.717, 1.165) is 15.0 Å². The number of hydrogen-bond donors (Lipinski definition) is 2. The molecule has 0 aliphatic heterocycles. The molecule has 3 N–H and O–H groups in total. The monoisotopic (exact) mass is 266 g/mol. The first-order valence-electron chi connectivity index (χ1n) is 4.67. The van der Waals surface area contributed by atoms with Gasteiger partial charge in [0.15, 0.2) is 4.34 Å². The first-order chi connectivity index (χ1) is 8.20. The third-order valence-corrected chi connectivity index (χ3v) is 3.85. The van der Waals surface area contributed by atoms with E-state index in [9.17, 15) is 0 Å². The van der Waals surface area contributed by atoms with E-state index in [1.165, 1.54) is 23.1 Å². The molecule has 2 rings (SSSR count). The maximum absolute atomic E-state index is 7.52. The lowest BCUT2D eigenvalue weighted by Gasteiger charge is -2.08. The minimum atomic E-state index is 0.0275. The average molecular weight is 266 g/mol. The Balaban J connectivity index is 2.38. The number of nitrogens with zero attached hydrogens (tertiary/aromatic N) is 2. The molecule has 0 bridgehead atoms. The number of ether oxygens (including phenoxy) is 1. The molecule has 0 aliphatic rings. The zero-order chi connectivity index (χ0) is 12.3. The van der Waals surface area contributed by atoms with Gasteiger partial charge >= 0.3 is 0 Å². The summed E-state index contributed by atoms with van der Waals surface area (Å²) in [4.78, 5) is 0.841. The SMILES string of the molecule is COc1ccc(C(=N)N)c(Sc2nncs2)c1. The lowest BCUT2D eigenvalue weighted by Crippen LogP contribution is -2.12. The number of methoxy groups -OCH3 is 1. The fourth-order valence-corrected chi connectivity index (χ4v) is 2.85. The Morgan fingerprint density at radius 1 is 1.53 bits per heavy atom. The van der Waals surface area contributed by atoms with Crippen molar-refractivity contribution in [3.05, 3.63) is 29.3 Å². The van der Waals surface area contributed by atoms with E-state index in [0.29, 0.717) is 5.56 Å². The first kappa shape index (κ1) is 11.9. The molecule has 1 aromatic heterocycles. The molecule has 0 aliphatic carbocycles. The number of nitrogens with two attached hydrogens (primary N) is 1. The molecule has 0 spiro atoms. The Bertz CT molecular complexity index is 527. The smallest absolute Gasteiger partial charge is 0.178 e. The first-order valence-corrected chi connectivity index (χ1v) is 6.37. The summed E-state index contributed by atoms with van der Waals surface area (Å²) in [5.74, 6) is 0.752. The van der Waals surface area contributed by atoms with Crippen molar-refractivity contribution in [3.8, 4) is 5.75 Å². The molecule has 1 heterocycles. The number of hydrogen-bond acceptors (Lipinski definition) is 6. The van der Waals surface area contributed by atoms with E-state index in [4.69, 9.17) is 15.9 Å². The van der Waals surface area contributed by atoms with Crippen LogP contribution >= 0.6 is 23.1 Å². The van der Waals surface area contributed by atoms with Gasteiger partial charge in [-0.05, 0) is 18.2 Å². The van der Waals surface area contributed by atoms with E-state index >= 15 is 0 Å². The van der Waals surface area contributed by atoms with E-state index in [-0.39, 0.29) is 5.84 Å². The highest BCUT2D eigenvalue weighted by Gasteiger charge is 2.10. The van der Waals surface area contributed by atoms with Gasteiger partial charge in [0.05, 0.1) is 7.11 Å². The highest BCUT2D eigenvalue weighted by molar-refractivity contribution is 8.01. The van der Waals surface area contributed by atoms with Crippen molar-refractivity contribution < 1.29 is 4.74 Å². The second kappa shape index (κ2) is 5.15. The molecule has 0 atom stereocenters. The van der Waals surface area contributed by atoms with Crippen molar-refractivity contribution in [2.45, 2.75) is 9.24 Å². The van der Waals surface area contributed by atoms with Crippen LogP contribution in [-0.2, 0) is 0 Å². The van der Waals surface area contributed by atoms with Crippen molar-refractivity contribution in [2.75, 3.05) is 7.11 Å². The Kier molecular flexibility index (Phi) is 3.60. The Morgan fingerprint density at radius 2 is 2.35 bits per heavy atom. The zero-order valence-corrected chi connectivity index (χ0v) is 10.6. The quantitative estimate of drug-likeness (QED) is 0.653. The van der Waals surface area contributed by atoms with E-state index in [1.807, 2.05) is 6.07 Å². The summed E-state index contributed by atoms with van der Waals surface area (Å²) in [6.45, 7) is 0. The highest BCUT2D eigenvalue weighted by atomic mass is 32.2. The Labute approximate surface area is 107 Å². The third kappa shape index (κ3) is 2.75. The summed E-state index contributed by atoms with van der Waals surface area (Å²) >= 11 is 2.86. The molecule has 0 fully saturated rings. The minimum Gasteiger partial charge on any atom is -0.497 e. The van der Waals surface area contributed by atoms with Crippen LogP contribution in [0.4, 0.5) is 0 Å². The normalized spacial score (nSPS) is 10.2. The molecule has 1 aromatic carbocycles. The van der Waals surface area contributed by atoms with E-state index < -0.39 is 0 Å². The number of nitrogens with one attached hydrogen (secondary N) is 1. The van der Waals surface area contributed by atoms with Gasteiger partial charge in [-0.25, -0.2) is 0 Å². The van der Waals surface area contributed by atoms with Gasteiger partial charge in [0.25, 0.3) is 0 Å². The van der Waals surface area contributed by atoms with Crippen LogP contribution in [0.15, 0.2) is 32.9 Å². The van der Waals surface area contributed by atoms with Gasteiger partial charge in [0.1, 0.15) is 17.1 Å². The zero-order valence-electron chi connectivity index (χ0n) is 9.01. The molecular formula is C10H10N4OS2. The van der Waals surface area contributed by atoms with E-state index in [1.54, 1.807) is 24.8 Å². The van der Waals surface area contributed by atoms with Gasteiger partial charge in [0, 0.05) is 10.5 Å². The van der Waals surface area contributed by atoms with Crippen LogP contribution in [0.25, 0.3) is 0 Å². The van der Waals surface area contributed by atoms with Crippen LogP contribution in [-0.4, -0.2) is 23.1 Å². The second-order valence-corrected chi connectivity index (χ2v) is 5.20. The fraction of sp³-hybridized carbons (Fsp3) is 0.100. The Morgan fingerprint density at radius 3 is 2.94 bits per heavy atom. The highest BCUT2D eigenvalue weighted by Crippen LogP contribution is 2.33. The maximum Gasteiger partial charge on any atom is 0.178 e. The number of nitrogen functional groups attached to an aromatic ring is 1. The summed E-state index contributed by atoms with van der Waals surface area (Å²) in [5.41, 5.74) is 7.87. The molecule has 0 radical (unpaired) electrons. The standard InChI is InChI=1S/C10H10N4OS2/c1-15-6-2-3-7(9(11)12)8(4-6)17-10-14-13-5-16-10/h2-5H,1H3,(H3,11,12). The molecule has 5 nitrogen and oxygen atoms in total. The van der Waals surface area contributed by atoms with Crippen LogP contribution < -0.4 is 10.5 Å². The van der Waals surface area contributed by atoms with Crippen molar-refractivity contribution in [1.29, 1.82) is 5.41 Å². The second-order valence-electron chi connectivity index (χ2n) is 3.08. The summed E-state index contributed by atoms with van der Waals surface area (Å²) in [6, 6.07) is 5.38. The summed E-state index contributed by atoms with van der Waals surface area (Å²) < 4.78 is 5.96. The van der Waals surface area contributed by atoms with Crippen molar-refractivity contribution in [3.63, 3.8) is 0 Å². The average Bonchev–Trinajstić information content (AvgIpc) is 2.81. The maximum atomic E-state index is 7.52. The van der Waals surface area contributed by atoms with Gasteiger partial charge in [-0.2, -0.15) is 0 Å². The number of benzene rings is 1.